The van der Waals surface area contributed by atoms with Gasteiger partial charge in [0, 0.05) is 20.1 Å². The summed E-state index contributed by atoms with van der Waals surface area (Å²) in [6.45, 7) is 0. The quantitative estimate of drug-likeness (QED) is 0.839. The molecule has 0 amide bonds. The van der Waals surface area contributed by atoms with E-state index in [0.717, 1.165) is 55.6 Å². The van der Waals surface area contributed by atoms with Crippen molar-refractivity contribution in [1.82, 2.24) is 9.71 Å². The standard InChI is InChI=1S/C21H33N3O2/c1-22-21-18(12-14-6-4-3-5-7-14)23-20-17-10-9-16(26-2)13-15(17)8-11-19(20)24(21)25/h14-17,25H,3-13H2,1-2H3. The first kappa shape index (κ1) is 18.0. The van der Waals surface area contributed by atoms with Gasteiger partial charge >= 0.3 is 0 Å². The van der Waals surface area contributed by atoms with E-state index < -0.39 is 0 Å². The number of aromatic nitrogens is 2. The molecule has 2 saturated carbocycles. The molecule has 5 heteroatoms. The van der Waals surface area contributed by atoms with E-state index in [4.69, 9.17) is 9.72 Å². The van der Waals surface area contributed by atoms with E-state index >= 15 is 0 Å². The smallest absolute Gasteiger partial charge is 0.185 e. The van der Waals surface area contributed by atoms with Crippen LogP contribution < -0.4 is 5.49 Å². The average molecular weight is 360 g/mol. The first-order valence-electron chi connectivity index (χ1n) is 10.5. The second kappa shape index (κ2) is 7.71. The molecule has 26 heavy (non-hydrogen) atoms. The van der Waals surface area contributed by atoms with Crippen molar-refractivity contribution in [2.45, 2.75) is 82.7 Å². The number of nitrogens with zero attached hydrogens (tertiary/aromatic N) is 3. The monoisotopic (exact) mass is 359 g/mol. The Morgan fingerprint density at radius 1 is 1.15 bits per heavy atom. The van der Waals surface area contributed by atoms with E-state index in [1.807, 2.05) is 7.11 Å². The third kappa shape index (κ3) is 3.30. The van der Waals surface area contributed by atoms with Crippen molar-refractivity contribution in [3.63, 3.8) is 0 Å². The number of methoxy groups -OCH3 is 1. The van der Waals surface area contributed by atoms with Crippen LogP contribution in [-0.4, -0.2) is 35.2 Å². The Hall–Kier alpha value is -1.36. The normalized spacial score (nSPS) is 30.1. The summed E-state index contributed by atoms with van der Waals surface area (Å²) in [6, 6.07) is 0. The number of ether oxygens (including phenoxy) is 1. The van der Waals surface area contributed by atoms with Gasteiger partial charge in [0.05, 0.1) is 23.2 Å². The van der Waals surface area contributed by atoms with Crippen LogP contribution in [0.1, 0.15) is 80.8 Å². The molecule has 3 unspecified atom stereocenters. The molecule has 0 spiro atoms. The molecule has 4 rings (SSSR count). The fourth-order valence-corrected chi connectivity index (χ4v) is 5.61. The van der Waals surface area contributed by atoms with Crippen LogP contribution in [0, 0.1) is 11.8 Å². The third-order valence-electron chi connectivity index (χ3n) is 7.05. The summed E-state index contributed by atoms with van der Waals surface area (Å²) >= 11 is 0. The molecule has 5 nitrogen and oxygen atoms in total. The second-order valence-corrected chi connectivity index (χ2v) is 8.53. The molecule has 0 bridgehead atoms. The maximum Gasteiger partial charge on any atom is 0.185 e. The SMILES string of the molecule is CN=c1c(CC2CCCCC2)nc2c(n1O)CCC1CC(OC)CCC21. The zero-order valence-corrected chi connectivity index (χ0v) is 16.3. The fourth-order valence-electron chi connectivity index (χ4n) is 5.61. The highest BCUT2D eigenvalue weighted by atomic mass is 16.5. The highest BCUT2D eigenvalue weighted by molar-refractivity contribution is 5.24. The topological polar surface area (TPSA) is 59.6 Å². The Labute approximate surface area is 156 Å². The zero-order valence-electron chi connectivity index (χ0n) is 16.3. The maximum atomic E-state index is 10.9. The van der Waals surface area contributed by atoms with Crippen LogP contribution in [0.25, 0.3) is 0 Å². The molecular weight excluding hydrogens is 326 g/mol. The minimum Gasteiger partial charge on any atom is -0.427 e. The molecule has 0 saturated heterocycles. The molecule has 1 aromatic heterocycles. The van der Waals surface area contributed by atoms with Gasteiger partial charge in [0.15, 0.2) is 5.49 Å². The molecule has 0 aliphatic heterocycles. The summed E-state index contributed by atoms with van der Waals surface area (Å²) < 4.78 is 7.00. The van der Waals surface area contributed by atoms with Gasteiger partial charge in [0.1, 0.15) is 0 Å². The maximum absolute atomic E-state index is 10.9. The van der Waals surface area contributed by atoms with Gasteiger partial charge in [-0.2, -0.15) is 4.73 Å². The minimum atomic E-state index is 0.394. The summed E-state index contributed by atoms with van der Waals surface area (Å²) in [7, 11) is 3.61. The van der Waals surface area contributed by atoms with Crippen LogP contribution in [0.2, 0.25) is 0 Å². The average Bonchev–Trinajstić information content (AvgIpc) is 2.68. The van der Waals surface area contributed by atoms with Crippen molar-refractivity contribution in [2.75, 3.05) is 14.2 Å². The molecule has 1 N–H and O–H groups in total. The summed E-state index contributed by atoms with van der Waals surface area (Å²) in [6.07, 6.45) is 13.3. The number of fused-ring (bicyclic) bond motifs is 3. The van der Waals surface area contributed by atoms with Crippen molar-refractivity contribution in [1.29, 1.82) is 0 Å². The van der Waals surface area contributed by atoms with Gasteiger partial charge in [-0.25, -0.2) is 0 Å². The molecule has 3 atom stereocenters. The van der Waals surface area contributed by atoms with Gasteiger partial charge in [0.25, 0.3) is 0 Å². The van der Waals surface area contributed by atoms with Crippen molar-refractivity contribution >= 4 is 0 Å². The molecule has 1 aromatic rings. The lowest BCUT2D eigenvalue weighted by atomic mass is 9.70. The first-order valence-corrected chi connectivity index (χ1v) is 10.5. The van der Waals surface area contributed by atoms with E-state index in [1.54, 1.807) is 7.05 Å². The lowest BCUT2D eigenvalue weighted by Gasteiger charge is -2.39. The van der Waals surface area contributed by atoms with Gasteiger partial charge in [-0.3, -0.25) is 9.98 Å². The molecule has 1 heterocycles. The van der Waals surface area contributed by atoms with E-state index in [0.29, 0.717) is 29.3 Å². The number of hydrogen-bond donors (Lipinski definition) is 1. The van der Waals surface area contributed by atoms with Crippen LogP contribution in [0.5, 0.6) is 0 Å². The largest absolute Gasteiger partial charge is 0.427 e. The summed E-state index contributed by atoms with van der Waals surface area (Å²) in [5.74, 6) is 1.80. The minimum absolute atomic E-state index is 0.394. The summed E-state index contributed by atoms with van der Waals surface area (Å²) in [4.78, 5) is 9.56. The highest BCUT2D eigenvalue weighted by Gasteiger charge is 2.38. The van der Waals surface area contributed by atoms with Gasteiger partial charge in [0.2, 0.25) is 0 Å². The van der Waals surface area contributed by atoms with Gasteiger partial charge in [-0.15, -0.1) is 0 Å². The Bertz CT molecular complexity index is 706. The number of hydrogen-bond acceptors (Lipinski definition) is 4. The van der Waals surface area contributed by atoms with Crippen LogP contribution in [0.15, 0.2) is 4.99 Å². The molecule has 2 fully saturated rings. The predicted molar refractivity (Wildman–Crippen MR) is 100 cm³/mol. The van der Waals surface area contributed by atoms with Crippen molar-refractivity contribution in [2.24, 2.45) is 16.8 Å². The Morgan fingerprint density at radius 2 is 1.96 bits per heavy atom. The predicted octanol–water partition coefficient (Wildman–Crippen LogP) is 3.62. The first-order chi connectivity index (χ1) is 12.7. The summed E-state index contributed by atoms with van der Waals surface area (Å²) in [5, 5.41) is 10.9. The molecule has 0 aromatic carbocycles. The Kier molecular flexibility index (Phi) is 5.35. The fraction of sp³-hybridized carbons (Fsp3) is 0.810. The van der Waals surface area contributed by atoms with Crippen molar-refractivity contribution in [3.8, 4) is 0 Å². The third-order valence-corrected chi connectivity index (χ3v) is 7.05. The van der Waals surface area contributed by atoms with Crippen LogP contribution in [0.4, 0.5) is 0 Å². The van der Waals surface area contributed by atoms with E-state index in [2.05, 4.69) is 4.99 Å². The Morgan fingerprint density at radius 3 is 2.69 bits per heavy atom. The van der Waals surface area contributed by atoms with Crippen molar-refractivity contribution in [3.05, 3.63) is 22.6 Å². The van der Waals surface area contributed by atoms with Crippen LogP contribution in [0.3, 0.4) is 0 Å². The van der Waals surface area contributed by atoms with E-state index in [1.165, 1.54) is 36.8 Å². The molecule has 0 radical (unpaired) electrons. The second-order valence-electron chi connectivity index (χ2n) is 8.53. The number of rotatable bonds is 3. The lowest BCUT2D eigenvalue weighted by molar-refractivity contribution is 0.0354. The van der Waals surface area contributed by atoms with E-state index in [9.17, 15) is 5.21 Å². The Balaban J connectivity index is 1.67. The van der Waals surface area contributed by atoms with Crippen LogP contribution >= 0.6 is 0 Å². The molecule has 3 aliphatic rings. The summed E-state index contributed by atoms with van der Waals surface area (Å²) in [5.41, 5.74) is 3.83. The van der Waals surface area contributed by atoms with Gasteiger partial charge < -0.3 is 9.94 Å². The van der Waals surface area contributed by atoms with Crippen LogP contribution in [-0.2, 0) is 17.6 Å². The molecule has 3 aliphatic carbocycles. The lowest BCUT2D eigenvalue weighted by Crippen LogP contribution is -2.38. The molecular formula is C21H33N3O2. The van der Waals surface area contributed by atoms with Gasteiger partial charge in [-0.05, 0) is 50.4 Å². The highest BCUT2D eigenvalue weighted by Crippen LogP contribution is 2.44. The molecule has 144 valence electrons. The van der Waals surface area contributed by atoms with Crippen molar-refractivity contribution < 1.29 is 9.94 Å². The van der Waals surface area contributed by atoms with Gasteiger partial charge in [-0.1, -0.05) is 32.1 Å². The van der Waals surface area contributed by atoms with E-state index in [-0.39, 0.29) is 0 Å². The zero-order chi connectivity index (χ0) is 18.1.